The summed E-state index contributed by atoms with van der Waals surface area (Å²) in [5.74, 6) is -2.51. The van der Waals surface area contributed by atoms with Crippen LogP contribution in [0.5, 0.6) is 0 Å². The van der Waals surface area contributed by atoms with Crippen molar-refractivity contribution < 1.29 is 27.2 Å². The summed E-state index contributed by atoms with van der Waals surface area (Å²) in [4.78, 5) is 43.5. The standard InChI is InChI=1S/C24H23Cl2F4N5O3/c1-32(2)19(24(28,29)30)23(38)34-7-5-33(6-8-34)22(37)15-10-13(3-4-17(15)27)9-14-12-31-21(36)18-11-16(25)20(26)35(14)18/h3-4,10-12,19H,5-9H2,1-2H3,(H,31,36)/t19-/m1/s1. The summed E-state index contributed by atoms with van der Waals surface area (Å²) in [6.07, 6.45) is -3.13. The minimum atomic E-state index is -4.75. The van der Waals surface area contributed by atoms with Gasteiger partial charge in [0.2, 0.25) is 5.91 Å². The average Bonchev–Trinajstić information content (AvgIpc) is 3.15. The number of amides is 2. The van der Waals surface area contributed by atoms with Gasteiger partial charge in [0.1, 0.15) is 16.5 Å². The second kappa shape index (κ2) is 10.6. The number of nitrogens with one attached hydrogen (secondary N) is 1. The Hall–Kier alpha value is -3.09. The number of fused-ring (bicyclic) bond motifs is 1. The number of aromatic amines is 1. The molecule has 1 fully saturated rings. The Labute approximate surface area is 224 Å². The van der Waals surface area contributed by atoms with E-state index in [1.165, 1.54) is 47.8 Å². The van der Waals surface area contributed by atoms with Crippen LogP contribution in [-0.4, -0.2) is 88.4 Å². The zero-order valence-electron chi connectivity index (χ0n) is 20.3. The lowest BCUT2D eigenvalue weighted by atomic mass is 10.0. The van der Waals surface area contributed by atoms with Crippen LogP contribution in [0.3, 0.4) is 0 Å². The normalized spacial score (nSPS) is 15.4. The lowest BCUT2D eigenvalue weighted by Gasteiger charge is -2.38. The molecule has 1 N–H and O–H groups in total. The van der Waals surface area contributed by atoms with E-state index in [9.17, 15) is 31.9 Å². The third kappa shape index (κ3) is 5.38. The highest BCUT2D eigenvalue weighted by atomic mass is 35.5. The maximum absolute atomic E-state index is 14.7. The molecular formula is C24H23Cl2F4N5O3. The van der Waals surface area contributed by atoms with Gasteiger partial charge in [-0.05, 0) is 37.9 Å². The molecule has 3 aromatic rings. The monoisotopic (exact) mass is 575 g/mol. The maximum Gasteiger partial charge on any atom is 0.412 e. The molecule has 0 aliphatic carbocycles. The van der Waals surface area contributed by atoms with Gasteiger partial charge >= 0.3 is 6.18 Å². The Balaban J connectivity index is 1.51. The molecule has 1 aliphatic heterocycles. The minimum absolute atomic E-state index is 0.0513. The van der Waals surface area contributed by atoms with Gasteiger partial charge in [-0.2, -0.15) is 13.2 Å². The van der Waals surface area contributed by atoms with Gasteiger partial charge in [0.25, 0.3) is 11.5 Å². The lowest BCUT2D eigenvalue weighted by molar-refractivity contribution is -0.191. The molecule has 0 unspecified atom stereocenters. The van der Waals surface area contributed by atoms with E-state index in [4.69, 9.17) is 23.2 Å². The second-order valence-corrected chi connectivity index (χ2v) is 9.89. The molecule has 14 heteroatoms. The van der Waals surface area contributed by atoms with Gasteiger partial charge in [-0.3, -0.25) is 23.7 Å². The summed E-state index contributed by atoms with van der Waals surface area (Å²) in [7, 11) is 2.34. The summed E-state index contributed by atoms with van der Waals surface area (Å²) in [5.41, 5.74) is 0.680. The fourth-order valence-corrected chi connectivity index (χ4v) is 4.95. The molecule has 1 aromatic carbocycles. The van der Waals surface area contributed by atoms with Gasteiger partial charge in [-0.1, -0.05) is 29.3 Å². The molecule has 2 amide bonds. The molecule has 1 saturated heterocycles. The molecule has 204 valence electrons. The third-order valence-electron chi connectivity index (χ3n) is 6.37. The molecule has 0 radical (unpaired) electrons. The van der Waals surface area contributed by atoms with Crippen LogP contribution in [0.2, 0.25) is 10.2 Å². The van der Waals surface area contributed by atoms with Crippen molar-refractivity contribution in [3.63, 3.8) is 0 Å². The quantitative estimate of drug-likeness (QED) is 0.473. The summed E-state index contributed by atoms with van der Waals surface area (Å²) in [6, 6.07) is 3.13. The van der Waals surface area contributed by atoms with Crippen molar-refractivity contribution in [3.05, 3.63) is 73.6 Å². The lowest BCUT2D eigenvalue weighted by Crippen LogP contribution is -2.58. The summed E-state index contributed by atoms with van der Waals surface area (Å²) < 4.78 is 56.2. The smallest absolute Gasteiger partial charge is 0.337 e. The number of nitrogens with zero attached hydrogens (tertiary/aromatic N) is 4. The van der Waals surface area contributed by atoms with Crippen molar-refractivity contribution in [2.75, 3.05) is 40.3 Å². The van der Waals surface area contributed by atoms with Crippen LogP contribution in [0.4, 0.5) is 17.6 Å². The second-order valence-electron chi connectivity index (χ2n) is 9.13. The first-order chi connectivity index (χ1) is 17.8. The first-order valence-corrected chi connectivity index (χ1v) is 12.2. The summed E-state index contributed by atoms with van der Waals surface area (Å²) in [6.45, 7) is -0.336. The van der Waals surface area contributed by atoms with Crippen molar-refractivity contribution in [2.24, 2.45) is 0 Å². The van der Waals surface area contributed by atoms with E-state index in [1.54, 1.807) is 0 Å². The van der Waals surface area contributed by atoms with E-state index in [0.29, 0.717) is 11.3 Å². The number of aromatic nitrogens is 2. The molecule has 2 aromatic heterocycles. The van der Waals surface area contributed by atoms with Crippen molar-refractivity contribution in [1.29, 1.82) is 0 Å². The number of piperazine rings is 1. The Morgan fingerprint density at radius 3 is 2.32 bits per heavy atom. The molecule has 38 heavy (non-hydrogen) atoms. The highest BCUT2D eigenvalue weighted by molar-refractivity contribution is 6.42. The van der Waals surface area contributed by atoms with Crippen LogP contribution in [-0.2, 0) is 11.2 Å². The van der Waals surface area contributed by atoms with Crippen molar-refractivity contribution >= 4 is 40.5 Å². The number of hydrogen-bond donors (Lipinski definition) is 1. The fraction of sp³-hybridized carbons (Fsp3) is 0.375. The molecule has 1 atom stereocenters. The van der Waals surface area contributed by atoms with Crippen LogP contribution < -0.4 is 5.56 Å². The summed E-state index contributed by atoms with van der Waals surface area (Å²) in [5, 5.41) is 0.319. The molecule has 0 saturated carbocycles. The predicted octanol–water partition coefficient (Wildman–Crippen LogP) is 3.44. The number of halogens is 6. The van der Waals surface area contributed by atoms with Crippen LogP contribution in [0.15, 0.2) is 35.3 Å². The number of carbonyl (C=O) groups excluding carboxylic acids is 2. The number of rotatable bonds is 5. The molecular weight excluding hydrogens is 553 g/mol. The van der Waals surface area contributed by atoms with Crippen LogP contribution in [0.1, 0.15) is 21.6 Å². The maximum atomic E-state index is 14.7. The van der Waals surface area contributed by atoms with E-state index in [2.05, 4.69) is 4.98 Å². The van der Waals surface area contributed by atoms with E-state index >= 15 is 0 Å². The zero-order valence-corrected chi connectivity index (χ0v) is 21.8. The Bertz CT molecular complexity index is 1450. The average molecular weight is 576 g/mol. The number of likely N-dealkylation sites (N-methyl/N-ethyl adjacent to an activating group) is 1. The summed E-state index contributed by atoms with van der Waals surface area (Å²) >= 11 is 12.3. The largest absolute Gasteiger partial charge is 0.412 e. The first-order valence-electron chi connectivity index (χ1n) is 11.5. The van der Waals surface area contributed by atoms with Gasteiger partial charge in [-0.25, -0.2) is 4.39 Å². The molecule has 0 spiro atoms. The van der Waals surface area contributed by atoms with Crippen LogP contribution in [0, 0.1) is 5.82 Å². The third-order valence-corrected chi connectivity index (χ3v) is 7.13. The number of hydrogen-bond acceptors (Lipinski definition) is 4. The number of alkyl halides is 3. The molecule has 1 aliphatic rings. The van der Waals surface area contributed by atoms with Gasteiger partial charge in [-0.15, -0.1) is 0 Å². The molecule has 3 heterocycles. The Morgan fingerprint density at radius 2 is 1.71 bits per heavy atom. The molecule has 4 rings (SSSR count). The SMILES string of the molecule is CN(C)[C@H](C(=O)N1CCN(C(=O)c2cc(Cc3c[nH]c(=O)c4cc(Cl)c(Cl)n34)ccc2F)CC1)C(F)(F)F. The zero-order chi connectivity index (χ0) is 27.9. The van der Waals surface area contributed by atoms with E-state index in [0.717, 1.165) is 15.9 Å². The van der Waals surface area contributed by atoms with Gasteiger partial charge < -0.3 is 14.8 Å². The topological polar surface area (TPSA) is 81.1 Å². The molecule has 0 bridgehead atoms. The number of carbonyl (C=O) groups is 2. The highest BCUT2D eigenvalue weighted by Crippen LogP contribution is 2.28. The fourth-order valence-electron chi connectivity index (χ4n) is 4.50. The van der Waals surface area contributed by atoms with Gasteiger partial charge in [0.15, 0.2) is 6.04 Å². The van der Waals surface area contributed by atoms with E-state index in [1.807, 2.05) is 0 Å². The van der Waals surface area contributed by atoms with Gasteiger partial charge in [0, 0.05) is 44.5 Å². The van der Waals surface area contributed by atoms with Crippen molar-refractivity contribution in [2.45, 2.75) is 18.6 Å². The Morgan fingerprint density at radius 1 is 1.08 bits per heavy atom. The van der Waals surface area contributed by atoms with Crippen molar-refractivity contribution in [1.82, 2.24) is 24.1 Å². The number of benzene rings is 1. The van der Waals surface area contributed by atoms with Crippen LogP contribution in [0.25, 0.3) is 5.52 Å². The predicted molar refractivity (Wildman–Crippen MR) is 133 cm³/mol. The Kier molecular flexibility index (Phi) is 7.78. The molecule has 8 nitrogen and oxygen atoms in total. The first kappa shape index (κ1) is 27.9. The van der Waals surface area contributed by atoms with E-state index in [-0.39, 0.29) is 53.9 Å². The number of H-pyrrole nitrogens is 1. The van der Waals surface area contributed by atoms with Crippen LogP contribution >= 0.6 is 23.2 Å². The minimum Gasteiger partial charge on any atom is -0.337 e. The van der Waals surface area contributed by atoms with E-state index < -0.39 is 35.4 Å². The van der Waals surface area contributed by atoms with Crippen molar-refractivity contribution in [3.8, 4) is 0 Å². The highest BCUT2D eigenvalue weighted by Gasteiger charge is 2.48. The van der Waals surface area contributed by atoms with Gasteiger partial charge in [0.05, 0.1) is 10.6 Å².